The van der Waals surface area contributed by atoms with Crippen LogP contribution in [0, 0.1) is 5.82 Å². The minimum absolute atomic E-state index is 0.112. The highest BCUT2D eigenvalue weighted by Crippen LogP contribution is 2.37. The van der Waals surface area contributed by atoms with Crippen LogP contribution in [-0.4, -0.2) is 31.8 Å². The van der Waals surface area contributed by atoms with Gasteiger partial charge in [0.05, 0.1) is 17.9 Å². The van der Waals surface area contributed by atoms with Crippen molar-refractivity contribution >= 4 is 11.7 Å². The third-order valence-corrected chi connectivity index (χ3v) is 6.22. The fourth-order valence-corrected chi connectivity index (χ4v) is 4.35. The largest absolute Gasteiger partial charge is 0.487 e. The van der Waals surface area contributed by atoms with Gasteiger partial charge in [0.1, 0.15) is 18.2 Å². The number of fused-ring (bicyclic) bond motifs is 1. The summed E-state index contributed by atoms with van der Waals surface area (Å²) < 4.78 is 64.7. The summed E-state index contributed by atoms with van der Waals surface area (Å²) in [5.74, 6) is -0.126. The second-order valence-corrected chi connectivity index (χ2v) is 9.15. The molecule has 0 bridgehead atoms. The van der Waals surface area contributed by atoms with Crippen LogP contribution >= 0.6 is 0 Å². The maximum Gasteiger partial charge on any atom is 0.416 e. The van der Waals surface area contributed by atoms with Crippen LogP contribution in [0.4, 0.5) is 23.2 Å². The smallest absolute Gasteiger partial charge is 0.416 e. The number of hydrogen-bond donors (Lipinski definition) is 0. The molecule has 2 aromatic carbocycles. The molecule has 38 heavy (non-hydrogen) atoms. The van der Waals surface area contributed by atoms with Crippen LogP contribution < -0.4 is 9.64 Å². The Hall–Kier alpha value is -3.55. The van der Waals surface area contributed by atoms with E-state index in [1.165, 1.54) is 12.1 Å². The predicted octanol–water partition coefficient (Wildman–Crippen LogP) is 7.27. The van der Waals surface area contributed by atoms with Crippen molar-refractivity contribution in [1.29, 1.82) is 0 Å². The molecule has 0 saturated heterocycles. The molecule has 1 aliphatic heterocycles. The molecule has 0 saturated carbocycles. The fourth-order valence-electron chi connectivity index (χ4n) is 4.35. The summed E-state index contributed by atoms with van der Waals surface area (Å²) in [4.78, 5) is 13.7. The third kappa shape index (κ3) is 7.97. The molecule has 0 unspecified atom stereocenters. The molecule has 0 fully saturated rings. The van der Waals surface area contributed by atoms with Crippen LogP contribution in [0.25, 0.3) is 0 Å². The lowest BCUT2D eigenvalue weighted by Crippen LogP contribution is -2.31. The summed E-state index contributed by atoms with van der Waals surface area (Å²) in [6.07, 6.45) is 1.02. The average Bonchev–Trinajstić information content (AvgIpc) is 2.86. The number of para-hydroxylation sites is 1. The lowest BCUT2D eigenvalue weighted by Gasteiger charge is -2.33. The Morgan fingerprint density at radius 3 is 2.66 bits per heavy atom. The number of hydrogen-bond acceptors (Lipinski definition) is 4. The van der Waals surface area contributed by atoms with Gasteiger partial charge in [0.15, 0.2) is 0 Å². The van der Waals surface area contributed by atoms with Crippen molar-refractivity contribution in [3.63, 3.8) is 0 Å². The van der Waals surface area contributed by atoms with Crippen LogP contribution in [0.15, 0.2) is 72.4 Å². The number of carbonyl (C=O) groups is 1. The average molecular weight is 532 g/mol. The zero-order valence-electron chi connectivity index (χ0n) is 21.7. The molecule has 204 valence electrons. The molecule has 8 heteroatoms. The lowest BCUT2D eigenvalue weighted by molar-refractivity contribution is -0.143. The van der Waals surface area contributed by atoms with Crippen LogP contribution in [-0.2, 0) is 29.0 Å². The number of halogens is 4. The summed E-state index contributed by atoms with van der Waals surface area (Å²) >= 11 is 0. The van der Waals surface area contributed by atoms with Gasteiger partial charge in [-0.05, 0) is 61.9 Å². The fraction of sp³-hybridized carbons (Fsp3) is 0.367. The number of carbonyl (C=O) groups excluding carboxylic acids is 1. The molecule has 1 aliphatic rings. The zero-order valence-corrected chi connectivity index (χ0v) is 21.7. The predicted molar refractivity (Wildman–Crippen MR) is 141 cm³/mol. The molecule has 3 rings (SSSR count). The van der Waals surface area contributed by atoms with Crippen molar-refractivity contribution in [3.8, 4) is 5.75 Å². The van der Waals surface area contributed by atoms with Gasteiger partial charge in [-0.2, -0.15) is 13.2 Å². The number of rotatable bonds is 11. The number of ether oxygens (including phenoxy) is 2. The molecule has 0 radical (unpaired) electrons. The molecule has 4 nitrogen and oxygen atoms in total. The van der Waals surface area contributed by atoms with Gasteiger partial charge in [-0.15, -0.1) is 0 Å². The van der Waals surface area contributed by atoms with Gasteiger partial charge < -0.3 is 14.4 Å². The van der Waals surface area contributed by atoms with E-state index in [9.17, 15) is 22.4 Å². The monoisotopic (exact) mass is 531 g/mol. The quantitative estimate of drug-likeness (QED) is 0.174. The van der Waals surface area contributed by atoms with Gasteiger partial charge in [0.2, 0.25) is 0 Å². The summed E-state index contributed by atoms with van der Waals surface area (Å²) in [7, 11) is 0. The first-order valence-electron chi connectivity index (χ1n) is 12.6. The van der Waals surface area contributed by atoms with Crippen LogP contribution in [0.5, 0.6) is 5.75 Å². The number of allylic oxidation sites excluding steroid dienone is 4. The molecule has 0 spiro atoms. The van der Waals surface area contributed by atoms with Crippen molar-refractivity contribution in [1.82, 2.24) is 0 Å². The Kier molecular flexibility index (Phi) is 10.2. The second kappa shape index (κ2) is 13.3. The van der Waals surface area contributed by atoms with Crippen molar-refractivity contribution in [2.24, 2.45) is 0 Å². The van der Waals surface area contributed by atoms with E-state index in [1.807, 2.05) is 18.2 Å². The first-order chi connectivity index (χ1) is 18.1. The SMILES string of the molecule is C=C/C(=C\C=C(/C)CN1CCCc2cccc(OCc3ccc(CCC(=O)OCC)c(F)c3)c21)C(F)(F)F. The molecule has 1 heterocycles. The number of esters is 1. The maximum absolute atomic E-state index is 14.6. The number of benzene rings is 2. The first-order valence-corrected chi connectivity index (χ1v) is 12.6. The topological polar surface area (TPSA) is 38.8 Å². The van der Waals surface area contributed by atoms with Crippen LogP contribution in [0.3, 0.4) is 0 Å². The van der Waals surface area contributed by atoms with Crippen molar-refractivity contribution in [3.05, 3.63) is 94.9 Å². The normalized spacial score (nSPS) is 14.2. The minimum Gasteiger partial charge on any atom is -0.487 e. The Morgan fingerprint density at radius 1 is 1.18 bits per heavy atom. The highest BCUT2D eigenvalue weighted by Gasteiger charge is 2.30. The van der Waals surface area contributed by atoms with E-state index in [4.69, 9.17) is 9.47 Å². The Morgan fingerprint density at radius 2 is 1.97 bits per heavy atom. The van der Waals surface area contributed by atoms with E-state index >= 15 is 0 Å². The molecular weight excluding hydrogens is 498 g/mol. The maximum atomic E-state index is 14.6. The molecular formula is C30H33F4NO3. The standard InChI is InChI=1S/C30H33F4NO3/c1-4-25(30(32,33)34)15-11-21(3)19-35-17-7-9-24-8-6-10-27(29(24)35)38-20-22-12-13-23(26(31)18-22)14-16-28(36)37-5-2/h4,6,8,10-13,15,18H,1,5,7,9,14,16-17,19-20H2,2-3H3/b21-11+,25-15+. The number of aryl methyl sites for hydroxylation is 2. The van der Waals surface area contributed by atoms with E-state index in [2.05, 4.69) is 11.5 Å². The Labute approximate surface area is 221 Å². The molecule has 0 aliphatic carbocycles. The lowest BCUT2D eigenvalue weighted by atomic mass is 10.00. The Bertz CT molecular complexity index is 1200. The summed E-state index contributed by atoms with van der Waals surface area (Å²) in [6, 6.07) is 10.6. The van der Waals surface area contributed by atoms with Crippen molar-refractivity contribution < 1.29 is 31.8 Å². The molecule has 0 amide bonds. The van der Waals surface area contributed by atoms with E-state index in [-0.39, 0.29) is 25.4 Å². The molecule has 0 aromatic heterocycles. The zero-order chi connectivity index (χ0) is 27.7. The van der Waals surface area contributed by atoms with Gasteiger partial charge in [-0.25, -0.2) is 4.39 Å². The van der Waals surface area contributed by atoms with E-state index in [0.717, 1.165) is 48.4 Å². The van der Waals surface area contributed by atoms with Gasteiger partial charge in [-0.1, -0.05) is 54.6 Å². The number of anilines is 1. The molecule has 2 aromatic rings. The highest BCUT2D eigenvalue weighted by molar-refractivity contribution is 5.69. The second-order valence-electron chi connectivity index (χ2n) is 9.15. The van der Waals surface area contributed by atoms with Crippen LogP contribution in [0.2, 0.25) is 0 Å². The summed E-state index contributed by atoms with van der Waals surface area (Å²) in [5.41, 5.74) is 3.05. The minimum atomic E-state index is -4.45. The molecule has 0 N–H and O–H groups in total. The third-order valence-electron chi connectivity index (χ3n) is 6.22. The van der Waals surface area contributed by atoms with Crippen molar-refractivity contribution in [2.75, 3.05) is 24.6 Å². The first kappa shape index (κ1) is 29.0. The number of alkyl halides is 3. The van der Waals surface area contributed by atoms with Gasteiger partial charge in [0, 0.05) is 19.5 Å². The van der Waals surface area contributed by atoms with E-state index < -0.39 is 17.6 Å². The van der Waals surface area contributed by atoms with E-state index in [1.54, 1.807) is 26.0 Å². The molecule has 0 atom stereocenters. The van der Waals surface area contributed by atoms with Gasteiger partial charge >= 0.3 is 12.1 Å². The highest BCUT2D eigenvalue weighted by atomic mass is 19.4. The number of nitrogens with zero attached hydrogens (tertiary/aromatic N) is 1. The van der Waals surface area contributed by atoms with Gasteiger partial charge in [-0.3, -0.25) is 4.79 Å². The Balaban J connectivity index is 1.72. The van der Waals surface area contributed by atoms with E-state index in [0.29, 0.717) is 30.0 Å². The van der Waals surface area contributed by atoms with Crippen LogP contribution in [0.1, 0.15) is 43.4 Å². The summed E-state index contributed by atoms with van der Waals surface area (Å²) in [5, 5.41) is 0. The summed E-state index contributed by atoms with van der Waals surface area (Å²) in [6.45, 7) is 8.38. The van der Waals surface area contributed by atoms with Gasteiger partial charge in [0.25, 0.3) is 0 Å². The van der Waals surface area contributed by atoms with Crippen molar-refractivity contribution in [2.45, 2.75) is 52.3 Å².